The van der Waals surface area contributed by atoms with Gasteiger partial charge in [0.15, 0.2) is 0 Å². The second-order valence-corrected chi connectivity index (χ2v) is 5.61. The van der Waals surface area contributed by atoms with Crippen molar-refractivity contribution >= 4 is 13.6 Å². The van der Waals surface area contributed by atoms with Gasteiger partial charge in [-0.05, 0) is 12.0 Å². The molecule has 0 fully saturated rings. The van der Waals surface area contributed by atoms with Crippen LogP contribution >= 0.6 is 7.60 Å². The number of amides is 2. The summed E-state index contributed by atoms with van der Waals surface area (Å²) in [5.74, 6) is 0. The van der Waals surface area contributed by atoms with Crippen LogP contribution in [0.15, 0.2) is 30.3 Å². The molecule has 0 aliphatic rings. The molecule has 7 heteroatoms. The molecule has 1 aromatic carbocycles. The number of hydrogen-bond donors (Lipinski definition) is 4. The zero-order valence-corrected chi connectivity index (χ0v) is 10.8. The van der Waals surface area contributed by atoms with Gasteiger partial charge >= 0.3 is 13.6 Å². The van der Waals surface area contributed by atoms with Crippen molar-refractivity contribution in [1.29, 1.82) is 0 Å². The Morgan fingerprint density at radius 3 is 2.44 bits per heavy atom. The number of carbonyl (C=O) groups is 1. The number of urea groups is 1. The highest BCUT2D eigenvalue weighted by atomic mass is 31.2. The van der Waals surface area contributed by atoms with E-state index in [0.717, 1.165) is 5.56 Å². The van der Waals surface area contributed by atoms with Crippen LogP contribution in [0.2, 0.25) is 0 Å². The Labute approximate surface area is 106 Å². The summed E-state index contributed by atoms with van der Waals surface area (Å²) in [5, 5.41) is 5.18. The molecule has 0 aliphatic carbocycles. The zero-order chi connectivity index (χ0) is 13.4. The summed E-state index contributed by atoms with van der Waals surface area (Å²) in [6, 6.07) is 9.11. The molecule has 0 bridgehead atoms. The van der Waals surface area contributed by atoms with Crippen LogP contribution in [0.5, 0.6) is 0 Å². The quantitative estimate of drug-likeness (QED) is 0.459. The second-order valence-electron chi connectivity index (χ2n) is 3.84. The molecule has 0 spiro atoms. The van der Waals surface area contributed by atoms with E-state index >= 15 is 0 Å². The number of carbonyl (C=O) groups excluding carboxylic acids is 1. The second kappa shape index (κ2) is 7.16. The van der Waals surface area contributed by atoms with E-state index in [9.17, 15) is 9.36 Å². The molecule has 18 heavy (non-hydrogen) atoms. The van der Waals surface area contributed by atoms with Crippen LogP contribution in [-0.4, -0.2) is 28.5 Å². The SMILES string of the molecule is O=C(NCCCP(=O)(O)O)NCc1ccccc1. The van der Waals surface area contributed by atoms with E-state index in [1.165, 1.54) is 0 Å². The van der Waals surface area contributed by atoms with E-state index < -0.39 is 7.60 Å². The van der Waals surface area contributed by atoms with Gasteiger partial charge in [-0.2, -0.15) is 0 Å². The maximum atomic E-state index is 11.3. The van der Waals surface area contributed by atoms with Crippen molar-refractivity contribution < 1.29 is 19.1 Å². The van der Waals surface area contributed by atoms with Crippen LogP contribution in [0.4, 0.5) is 4.79 Å². The van der Waals surface area contributed by atoms with Crippen LogP contribution in [0, 0.1) is 0 Å². The van der Waals surface area contributed by atoms with E-state index in [1.54, 1.807) is 0 Å². The van der Waals surface area contributed by atoms with Crippen molar-refractivity contribution in [1.82, 2.24) is 10.6 Å². The van der Waals surface area contributed by atoms with Gasteiger partial charge in [0, 0.05) is 13.1 Å². The van der Waals surface area contributed by atoms with Gasteiger partial charge in [-0.1, -0.05) is 30.3 Å². The minimum atomic E-state index is -3.96. The third kappa shape index (κ3) is 7.06. The lowest BCUT2D eigenvalue weighted by Crippen LogP contribution is -2.35. The molecule has 0 radical (unpaired) electrons. The Kier molecular flexibility index (Phi) is 5.85. The smallest absolute Gasteiger partial charge is 0.325 e. The highest BCUT2D eigenvalue weighted by molar-refractivity contribution is 7.51. The highest BCUT2D eigenvalue weighted by Gasteiger charge is 2.11. The summed E-state index contributed by atoms with van der Waals surface area (Å²) in [7, 11) is -3.96. The maximum Gasteiger partial charge on any atom is 0.325 e. The third-order valence-corrected chi connectivity index (χ3v) is 3.11. The molecule has 4 N–H and O–H groups in total. The summed E-state index contributed by atoms with van der Waals surface area (Å²) in [6.07, 6.45) is 0.0367. The van der Waals surface area contributed by atoms with Gasteiger partial charge in [0.1, 0.15) is 0 Å². The fraction of sp³-hybridized carbons (Fsp3) is 0.364. The number of rotatable bonds is 6. The van der Waals surface area contributed by atoms with Gasteiger partial charge in [-0.3, -0.25) is 4.57 Å². The molecule has 0 heterocycles. The molecule has 0 aliphatic heterocycles. The average molecular weight is 272 g/mol. The molecule has 0 atom stereocenters. The lowest BCUT2D eigenvalue weighted by Gasteiger charge is -2.08. The van der Waals surface area contributed by atoms with Crippen molar-refractivity contribution in [2.24, 2.45) is 0 Å². The number of benzene rings is 1. The lowest BCUT2D eigenvalue weighted by atomic mass is 10.2. The van der Waals surface area contributed by atoms with Crippen molar-refractivity contribution in [3.05, 3.63) is 35.9 Å². The lowest BCUT2D eigenvalue weighted by molar-refractivity contribution is 0.240. The predicted octanol–water partition coefficient (Wildman–Crippen LogP) is 1.05. The van der Waals surface area contributed by atoms with Gasteiger partial charge in [-0.15, -0.1) is 0 Å². The normalized spacial score (nSPS) is 11.0. The van der Waals surface area contributed by atoms with Crippen LogP contribution in [0.1, 0.15) is 12.0 Å². The molecule has 0 saturated carbocycles. The topological polar surface area (TPSA) is 98.7 Å². The summed E-state index contributed by atoms with van der Waals surface area (Å²) in [4.78, 5) is 28.6. The predicted molar refractivity (Wildman–Crippen MR) is 68.2 cm³/mol. The largest absolute Gasteiger partial charge is 0.338 e. The molecule has 6 nitrogen and oxygen atoms in total. The van der Waals surface area contributed by atoms with Crippen LogP contribution < -0.4 is 10.6 Å². The van der Waals surface area contributed by atoms with Crippen molar-refractivity contribution in [2.45, 2.75) is 13.0 Å². The van der Waals surface area contributed by atoms with Gasteiger partial charge in [0.25, 0.3) is 0 Å². The Balaban J connectivity index is 2.13. The minimum Gasteiger partial charge on any atom is -0.338 e. The summed E-state index contributed by atoms with van der Waals surface area (Å²) < 4.78 is 10.6. The first-order chi connectivity index (χ1) is 8.47. The molecule has 0 saturated heterocycles. The fourth-order valence-corrected chi connectivity index (χ4v) is 1.90. The maximum absolute atomic E-state index is 11.3. The first-order valence-electron chi connectivity index (χ1n) is 5.57. The van der Waals surface area contributed by atoms with Crippen molar-refractivity contribution in [3.63, 3.8) is 0 Å². The minimum absolute atomic E-state index is 0.216. The summed E-state index contributed by atoms with van der Waals surface area (Å²) in [6.45, 7) is 0.664. The van der Waals surface area contributed by atoms with Crippen LogP contribution in [-0.2, 0) is 11.1 Å². The molecule has 1 aromatic rings. The van der Waals surface area contributed by atoms with Gasteiger partial charge in [-0.25, -0.2) is 4.79 Å². The summed E-state index contributed by atoms with van der Waals surface area (Å²) in [5.41, 5.74) is 0.989. The molecule has 100 valence electrons. The Hall–Kier alpha value is -1.36. The molecular formula is C11H17N2O4P. The van der Waals surface area contributed by atoms with Gasteiger partial charge in [0.05, 0.1) is 6.16 Å². The average Bonchev–Trinajstić information content (AvgIpc) is 2.32. The van der Waals surface area contributed by atoms with Crippen molar-refractivity contribution in [2.75, 3.05) is 12.7 Å². The zero-order valence-electron chi connectivity index (χ0n) is 9.87. The number of nitrogens with one attached hydrogen (secondary N) is 2. The van der Waals surface area contributed by atoms with E-state index in [0.29, 0.717) is 6.54 Å². The van der Waals surface area contributed by atoms with E-state index in [1.807, 2.05) is 30.3 Å². The van der Waals surface area contributed by atoms with Crippen molar-refractivity contribution in [3.8, 4) is 0 Å². The van der Waals surface area contributed by atoms with Crippen LogP contribution in [0.3, 0.4) is 0 Å². The number of hydrogen-bond acceptors (Lipinski definition) is 2. The van der Waals surface area contributed by atoms with Gasteiger partial charge in [0.2, 0.25) is 0 Å². The van der Waals surface area contributed by atoms with E-state index in [4.69, 9.17) is 9.79 Å². The molecular weight excluding hydrogens is 255 g/mol. The van der Waals surface area contributed by atoms with E-state index in [2.05, 4.69) is 10.6 Å². The molecule has 2 amide bonds. The first-order valence-corrected chi connectivity index (χ1v) is 7.37. The first kappa shape index (κ1) is 14.7. The molecule has 1 rings (SSSR count). The van der Waals surface area contributed by atoms with E-state index in [-0.39, 0.29) is 25.2 Å². The third-order valence-electron chi connectivity index (χ3n) is 2.21. The Bertz CT molecular complexity index is 418. The Morgan fingerprint density at radius 1 is 1.17 bits per heavy atom. The monoisotopic (exact) mass is 272 g/mol. The molecule has 0 unspecified atom stereocenters. The fourth-order valence-electron chi connectivity index (χ4n) is 1.33. The Morgan fingerprint density at radius 2 is 1.83 bits per heavy atom. The standard InChI is InChI=1S/C11H17N2O4P/c14-11(12-7-4-8-18(15,16)17)13-9-10-5-2-1-3-6-10/h1-3,5-6H,4,7-9H2,(H2,12,13,14)(H2,15,16,17). The molecule has 0 aromatic heterocycles. The summed E-state index contributed by atoms with van der Waals surface area (Å²) >= 11 is 0. The highest BCUT2D eigenvalue weighted by Crippen LogP contribution is 2.34. The van der Waals surface area contributed by atoms with Crippen LogP contribution in [0.25, 0.3) is 0 Å². The van der Waals surface area contributed by atoms with Gasteiger partial charge < -0.3 is 20.4 Å².